The fourth-order valence-electron chi connectivity index (χ4n) is 2.36. The number of carbonyl (C=O) groups excluding carboxylic acids is 1. The summed E-state index contributed by atoms with van der Waals surface area (Å²) in [6.45, 7) is 8.68. The molecule has 0 atom stereocenters. The molecule has 0 radical (unpaired) electrons. The van der Waals surface area contributed by atoms with Gasteiger partial charge in [-0.2, -0.15) is 0 Å². The van der Waals surface area contributed by atoms with E-state index in [1.807, 2.05) is 20.8 Å². The van der Waals surface area contributed by atoms with Crippen molar-refractivity contribution in [3.63, 3.8) is 0 Å². The van der Waals surface area contributed by atoms with Crippen molar-refractivity contribution in [3.05, 3.63) is 0 Å². The van der Waals surface area contributed by atoms with E-state index in [2.05, 4.69) is 12.2 Å². The molecule has 0 bridgehead atoms. The van der Waals surface area contributed by atoms with Crippen molar-refractivity contribution in [3.8, 4) is 0 Å². The summed E-state index contributed by atoms with van der Waals surface area (Å²) in [7, 11) is 0. The smallest absolute Gasteiger partial charge is 0.407 e. The number of rotatable bonds is 2. The molecular weight excluding hydrogens is 214 g/mol. The van der Waals surface area contributed by atoms with Crippen LogP contribution in [0, 0.1) is 5.41 Å². The molecular formula is C14H27NO2. The largest absolute Gasteiger partial charge is 0.444 e. The van der Waals surface area contributed by atoms with Gasteiger partial charge in [0.15, 0.2) is 0 Å². The number of hydrogen-bond donors (Lipinski definition) is 1. The van der Waals surface area contributed by atoms with E-state index in [0.717, 1.165) is 6.54 Å². The highest BCUT2D eigenvalue weighted by Crippen LogP contribution is 2.33. The van der Waals surface area contributed by atoms with Crippen LogP contribution in [-0.2, 0) is 4.74 Å². The average Bonchev–Trinajstić information content (AvgIpc) is 2.38. The van der Waals surface area contributed by atoms with E-state index in [1.165, 1.54) is 38.5 Å². The van der Waals surface area contributed by atoms with E-state index in [1.54, 1.807) is 0 Å². The van der Waals surface area contributed by atoms with Crippen molar-refractivity contribution in [2.45, 2.75) is 71.8 Å². The number of amides is 1. The summed E-state index contributed by atoms with van der Waals surface area (Å²) in [5, 5.41) is 2.92. The lowest BCUT2D eigenvalue weighted by molar-refractivity contribution is 0.0498. The van der Waals surface area contributed by atoms with Gasteiger partial charge in [-0.05, 0) is 39.0 Å². The molecule has 0 spiro atoms. The second-order valence-electron chi connectivity index (χ2n) is 6.58. The zero-order valence-electron chi connectivity index (χ0n) is 11.8. The Morgan fingerprint density at radius 1 is 1.18 bits per heavy atom. The van der Waals surface area contributed by atoms with Crippen LogP contribution in [-0.4, -0.2) is 18.2 Å². The lowest BCUT2D eigenvalue weighted by Crippen LogP contribution is -2.39. The Labute approximate surface area is 105 Å². The van der Waals surface area contributed by atoms with Crippen LogP contribution in [0.5, 0.6) is 0 Å². The molecule has 100 valence electrons. The minimum Gasteiger partial charge on any atom is -0.444 e. The van der Waals surface area contributed by atoms with Crippen LogP contribution < -0.4 is 5.32 Å². The van der Waals surface area contributed by atoms with Gasteiger partial charge in [0.05, 0.1) is 0 Å². The topological polar surface area (TPSA) is 38.3 Å². The van der Waals surface area contributed by atoms with Crippen LogP contribution in [0.3, 0.4) is 0 Å². The minimum absolute atomic E-state index is 0.257. The van der Waals surface area contributed by atoms with Crippen molar-refractivity contribution in [2.24, 2.45) is 5.41 Å². The summed E-state index contributed by atoms with van der Waals surface area (Å²) < 4.78 is 5.25. The van der Waals surface area contributed by atoms with Crippen molar-refractivity contribution in [2.75, 3.05) is 6.54 Å². The van der Waals surface area contributed by atoms with Crippen LogP contribution >= 0.6 is 0 Å². The second kappa shape index (κ2) is 5.74. The van der Waals surface area contributed by atoms with Crippen LogP contribution in [0.25, 0.3) is 0 Å². The zero-order valence-corrected chi connectivity index (χ0v) is 11.8. The quantitative estimate of drug-likeness (QED) is 0.745. The van der Waals surface area contributed by atoms with Gasteiger partial charge in [0.25, 0.3) is 0 Å². The molecule has 0 aromatic rings. The van der Waals surface area contributed by atoms with Crippen LogP contribution in [0.2, 0.25) is 0 Å². The molecule has 1 amide bonds. The minimum atomic E-state index is -0.408. The van der Waals surface area contributed by atoms with Crippen molar-refractivity contribution >= 4 is 6.09 Å². The number of alkyl carbamates (subject to hydrolysis) is 1. The predicted octanol–water partition coefficient (Wildman–Crippen LogP) is 3.87. The van der Waals surface area contributed by atoms with E-state index < -0.39 is 5.60 Å². The van der Waals surface area contributed by atoms with E-state index in [0.29, 0.717) is 0 Å². The van der Waals surface area contributed by atoms with Crippen molar-refractivity contribution < 1.29 is 9.53 Å². The van der Waals surface area contributed by atoms with Gasteiger partial charge in [-0.3, -0.25) is 0 Å². The highest BCUT2D eigenvalue weighted by atomic mass is 16.6. The second-order valence-corrected chi connectivity index (χ2v) is 6.58. The molecule has 1 saturated carbocycles. The maximum Gasteiger partial charge on any atom is 0.407 e. The van der Waals surface area contributed by atoms with Gasteiger partial charge in [-0.25, -0.2) is 4.79 Å². The summed E-state index contributed by atoms with van der Waals surface area (Å²) in [6.07, 6.45) is 7.37. The average molecular weight is 241 g/mol. The third-order valence-electron chi connectivity index (χ3n) is 3.37. The molecule has 3 nitrogen and oxygen atoms in total. The van der Waals surface area contributed by atoms with Crippen LogP contribution in [0.15, 0.2) is 0 Å². The summed E-state index contributed by atoms with van der Waals surface area (Å²) in [6, 6.07) is 0. The summed E-state index contributed by atoms with van der Waals surface area (Å²) >= 11 is 0. The molecule has 1 aliphatic carbocycles. The summed E-state index contributed by atoms with van der Waals surface area (Å²) in [5.41, 5.74) is -0.151. The molecule has 3 heteroatoms. The normalized spacial score (nSPS) is 20.5. The molecule has 17 heavy (non-hydrogen) atoms. The Hall–Kier alpha value is -0.730. The van der Waals surface area contributed by atoms with E-state index in [-0.39, 0.29) is 11.5 Å². The Morgan fingerprint density at radius 2 is 1.71 bits per heavy atom. The van der Waals surface area contributed by atoms with Gasteiger partial charge in [0.1, 0.15) is 5.60 Å². The molecule has 1 fully saturated rings. The fraction of sp³-hybridized carbons (Fsp3) is 0.929. The number of hydrogen-bond acceptors (Lipinski definition) is 2. The summed E-state index contributed by atoms with van der Waals surface area (Å²) in [5.74, 6) is 0. The molecule has 0 aromatic carbocycles. The first-order valence-corrected chi connectivity index (χ1v) is 6.78. The van der Waals surface area contributed by atoms with E-state index in [4.69, 9.17) is 4.74 Å². The van der Waals surface area contributed by atoms with Gasteiger partial charge < -0.3 is 10.1 Å². The Balaban J connectivity index is 2.35. The molecule has 0 heterocycles. The van der Waals surface area contributed by atoms with Gasteiger partial charge in [-0.15, -0.1) is 0 Å². The van der Waals surface area contributed by atoms with Crippen molar-refractivity contribution in [1.82, 2.24) is 5.32 Å². The highest BCUT2D eigenvalue weighted by Gasteiger charge is 2.27. The maximum absolute atomic E-state index is 11.6. The highest BCUT2D eigenvalue weighted by molar-refractivity contribution is 5.67. The standard InChI is InChI=1S/C14H27NO2/c1-13(2,3)17-12(16)15-11-14(4)9-7-5-6-8-10-14/h5-11H2,1-4H3,(H,15,16). The molecule has 0 unspecified atom stereocenters. The lowest BCUT2D eigenvalue weighted by atomic mass is 9.82. The predicted molar refractivity (Wildman–Crippen MR) is 70.0 cm³/mol. The van der Waals surface area contributed by atoms with Crippen molar-refractivity contribution in [1.29, 1.82) is 0 Å². The van der Waals surface area contributed by atoms with Gasteiger partial charge in [0.2, 0.25) is 0 Å². The maximum atomic E-state index is 11.6. The summed E-state index contributed by atoms with van der Waals surface area (Å²) in [4.78, 5) is 11.6. The SMILES string of the molecule is CC1(CNC(=O)OC(C)(C)C)CCCCCC1. The fourth-order valence-corrected chi connectivity index (χ4v) is 2.36. The lowest BCUT2D eigenvalue weighted by Gasteiger charge is -2.29. The van der Waals surface area contributed by atoms with E-state index >= 15 is 0 Å². The Kier molecular flexibility index (Phi) is 4.84. The molecule has 1 rings (SSSR count). The molecule has 0 aliphatic heterocycles. The molecule has 1 N–H and O–H groups in total. The van der Waals surface area contributed by atoms with Gasteiger partial charge in [0, 0.05) is 6.54 Å². The monoisotopic (exact) mass is 241 g/mol. The first kappa shape index (κ1) is 14.3. The first-order valence-electron chi connectivity index (χ1n) is 6.78. The third-order valence-corrected chi connectivity index (χ3v) is 3.37. The van der Waals surface area contributed by atoms with E-state index in [9.17, 15) is 4.79 Å². The molecule has 0 saturated heterocycles. The molecule has 0 aromatic heterocycles. The zero-order chi connectivity index (χ0) is 12.9. The number of carbonyl (C=O) groups is 1. The third kappa shape index (κ3) is 5.94. The Bertz CT molecular complexity index is 247. The Morgan fingerprint density at radius 3 is 2.18 bits per heavy atom. The number of nitrogens with one attached hydrogen (secondary N) is 1. The van der Waals surface area contributed by atoms with Crippen LogP contribution in [0.4, 0.5) is 4.79 Å². The van der Waals surface area contributed by atoms with Crippen LogP contribution in [0.1, 0.15) is 66.2 Å². The number of ether oxygens (including phenoxy) is 1. The first-order chi connectivity index (χ1) is 7.81. The molecule has 1 aliphatic rings. The van der Waals surface area contributed by atoms with Gasteiger partial charge in [-0.1, -0.05) is 32.6 Å². The van der Waals surface area contributed by atoms with Gasteiger partial charge >= 0.3 is 6.09 Å².